The van der Waals surface area contributed by atoms with Crippen LogP contribution in [0.3, 0.4) is 0 Å². The summed E-state index contributed by atoms with van der Waals surface area (Å²) >= 11 is 0. The molecule has 34 heavy (non-hydrogen) atoms. The van der Waals surface area contributed by atoms with Crippen LogP contribution in [0.15, 0.2) is 96.9 Å². The van der Waals surface area contributed by atoms with Crippen LogP contribution in [-0.2, 0) is 9.31 Å². The van der Waals surface area contributed by atoms with Crippen LogP contribution >= 0.6 is 0 Å². The molecule has 0 unspecified atom stereocenters. The summed E-state index contributed by atoms with van der Waals surface area (Å²) < 4.78 is 75.5. The number of fused-ring (bicyclic) bond motifs is 3. The van der Waals surface area contributed by atoms with Crippen molar-refractivity contribution >= 4 is 34.4 Å². The maximum atomic E-state index is 9.35. The van der Waals surface area contributed by atoms with E-state index in [1.807, 2.05) is 82.3 Å². The second-order valence-electron chi connectivity index (χ2n) is 9.57. The summed E-state index contributed by atoms with van der Waals surface area (Å²) in [7, 11) is -1.08. The summed E-state index contributed by atoms with van der Waals surface area (Å²) in [4.78, 5) is 0. The van der Waals surface area contributed by atoms with Crippen molar-refractivity contribution in [3.63, 3.8) is 0 Å². The zero-order chi connectivity index (χ0) is 29.6. The molecule has 1 aliphatic rings. The monoisotopic (exact) mass is 452 g/mol. The molecule has 0 N–H and O–H groups in total. The third-order valence-electron chi connectivity index (χ3n) is 6.90. The van der Waals surface area contributed by atoms with Gasteiger partial charge in [-0.2, -0.15) is 0 Å². The minimum Gasteiger partial charge on any atom is -0.399 e. The molecule has 6 rings (SSSR count). The van der Waals surface area contributed by atoms with Crippen molar-refractivity contribution in [3.8, 4) is 16.8 Å². The topological polar surface area (TPSA) is 23.4 Å². The van der Waals surface area contributed by atoms with Gasteiger partial charge in [-0.1, -0.05) is 72.7 Å². The molecule has 0 atom stereocenters. The molecule has 2 heterocycles. The van der Waals surface area contributed by atoms with Gasteiger partial charge in [-0.3, -0.25) is 0 Å². The van der Waals surface area contributed by atoms with Crippen molar-refractivity contribution in [1.29, 1.82) is 0 Å². The number of para-hydroxylation sites is 1. The molecule has 0 aliphatic carbocycles. The third kappa shape index (κ3) is 3.29. The Hall–Kier alpha value is -3.34. The SMILES string of the molecule is [2H]c1c([2H])c([2H])c2c(c1[2H])c1c([2H])c([2H])c(B3OC(C)(C)C(C)(C)O3)c([2H])c1n2-c1ccc(-c2ccccc2)cc1. The highest BCUT2D eigenvalue weighted by Crippen LogP contribution is 2.37. The predicted octanol–water partition coefficient (Wildman–Crippen LogP) is 6.75. The smallest absolute Gasteiger partial charge is 0.399 e. The molecule has 0 radical (unpaired) electrons. The number of aromatic nitrogens is 1. The first-order valence-electron chi connectivity index (χ1n) is 14.8. The van der Waals surface area contributed by atoms with E-state index >= 15 is 0 Å². The van der Waals surface area contributed by atoms with Gasteiger partial charge in [0.05, 0.1) is 31.8 Å². The Morgan fingerprint density at radius 1 is 0.706 bits per heavy atom. The minimum absolute atomic E-state index is 0.0846. The Labute approximate surface area is 210 Å². The van der Waals surface area contributed by atoms with Gasteiger partial charge in [0.1, 0.15) is 0 Å². The van der Waals surface area contributed by atoms with E-state index in [9.17, 15) is 1.37 Å². The van der Waals surface area contributed by atoms with Crippen LogP contribution in [0, 0.1) is 0 Å². The Bertz CT molecular complexity index is 1850. The number of rotatable bonds is 3. The lowest BCUT2D eigenvalue weighted by molar-refractivity contribution is 0.00578. The van der Waals surface area contributed by atoms with Crippen LogP contribution in [0.25, 0.3) is 38.6 Å². The molecule has 1 saturated heterocycles. The summed E-state index contributed by atoms with van der Waals surface area (Å²) in [6.45, 7) is 7.48. The molecule has 168 valence electrons. The van der Waals surface area contributed by atoms with Gasteiger partial charge in [-0.25, -0.2) is 0 Å². The van der Waals surface area contributed by atoms with E-state index in [2.05, 4.69) is 0 Å². The molecule has 0 amide bonds. The maximum absolute atomic E-state index is 9.35. The zero-order valence-electron chi connectivity index (χ0n) is 26.5. The summed E-state index contributed by atoms with van der Waals surface area (Å²) in [5.74, 6) is 0. The first kappa shape index (κ1) is 14.8. The lowest BCUT2D eigenvalue weighted by atomic mass is 9.79. The molecule has 1 fully saturated rings. The summed E-state index contributed by atoms with van der Waals surface area (Å²) in [6.07, 6.45) is 0. The third-order valence-corrected chi connectivity index (χ3v) is 6.90. The van der Waals surface area contributed by atoms with Crippen LogP contribution in [0.4, 0.5) is 0 Å². The highest BCUT2D eigenvalue weighted by Gasteiger charge is 2.51. The van der Waals surface area contributed by atoms with Gasteiger partial charge >= 0.3 is 7.12 Å². The fourth-order valence-corrected chi connectivity index (χ4v) is 4.30. The Balaban J connectivity index is 1.72. The molecule has 0 spiro atoms. The average Bonchev–Trinajstić information content (AvgIpc) is 3.41. The summed E-state index contributed by atoms with van der Waals surface area (Å²) in [5, 5.41) is 0.222. The maximum Gasteiger partial charge on any atom is 0.494 e. The standard InChI is InChI=1S/C30H28BNO2/c1-29(2)30(3,4)34-31(33-29)23-16-19-26-25-12-8-9-13-27(25)32(28(26)20-23)24-17-14-22(15-18-24)21-10-6-5-7-11-21/h5-20H,1-4H3/i8D,9D,12D,13D,16D,19D,20D. The molecular formula is C30H28BNO2. The van der Waals surface area contributed by atoms with Crippen LogP contribution in [0.1, 0.15) is 37.3 Å². The highest BCUT2D eigenvalue weighted by molar-refractivity contribution is 6.62. The number of hydrogen-bond donors (Lipinski definition) is 0. The average molecular weight is 452 g/mol. The van der Waals surface area contributed by atoms with E-state index in [-0.39, 0.29) is 57.5 Å². The molecule has 5 aromatic rings. The molecule has 1 aliphatic heterocycles. The Kier molecular flexibility index (Phi) is 3.31. The lowest BCUT2D eigenvalue weighted by Gasteiger charge is -2.32. The highest BCUT2D eigenvalue weighted by atomic mass is 16.7. The lowest BCUT2D eigenvalue weighted by Crippen LogP contribution is -2.41. The van der Waals surface area contributed by atoms with Gasteiger partial charge in [0, 0.05) is 16.5 Å². The van der Waals surface area contributed by atoms with Gasteiger partial charge in [0.25, 0.3) is 0 Å². The molecular weight excluding hydrogens is 417 g/mol. The van der Waals surface area contributed by atoms with Crippen molar-refractivity contribution in [2.24, 2.45) is 0 Å². The number of hydrogen-bond acceptors (Lipinski definition) is 2. The molecule has 0 saturated carbocycles. The van der Waals surface area contributed by atoms with Gasteiger partial charge in [-0.05, 0) is 68.5 Å². The normalized spacial score (nSPS) is 19.9. The fraction of sp³-hybridized carbons (Fsp3) is 0.200. The molecule has 4 aromatic carbocycles. The first-order chi connectivity index (χ1) is 19.3. The summed E-state index contributed by atoms with van der Waals surface area (Å²) in [5.41, 5.74) is 1.47. The van der Waals surface area contributed by atoms with Crippen LogP contribution in [0.5, 0.6) is 0 Å². The number of nitrogens with zero attached hydrogens (tertiary/aromatic N) is 1. The van der Waals surface area contributed by atoms with E-state index in [1.165, 1.54) is 0 Å². The van der Waals surface area contributed by atoms with Crippen LogP contribution in [0.2, 0.25) is 0 Å². The van der Waals surface area contributed by atoms with E-state index in [0.717, 1.165) is 11.1 Å². The van der Waals surface area contributed by atoms with E-state index < -0.39 is 30.4 Å². The second kappa shape index (κ2) is 7.59. The molecule has 3 nitrogen and oxygen atoms in total. The summed E-state index contributed by atoms with van der Waals surface area (Å²) in [6, 6.07) is 15.2. The second-order valence-corrected chi connectivity index (χ2v) is 9.57. The van der Waals surface area contributed by atoms with E-state index in [1.54, 1.807) is 4.57 Å². The van der Waals surface area contributed by atoms with Crippen molar-refractivity contribution in [2.75, 3.05) is 0 Å². The van der Waals surface area contributed by atoms with Gasteiger partial charge in [0.2, 0.25) is 0 Å². The van der Waals surface area contributed by atoms with Crippen LogP contribution in [-0.4, -0.2) is 22.9 Å². The molecule has 4 heteroatoms. The molecule has 1 aromatic heterocycles. The first-order valence-corrected chi connectivity index (χ1v) is 11.3. The Morgan fingerprint density at radius 3 is 2.03 bits per heavy atom. The van der Waals surface area contributed by atoms with E-state index in [4.69, 9.17) is 17.5 Å². The van der Waals surface area contributed by atoms with Crippen molar-refractivity contribution < 1.29 is 18.9 Å². The van der Waals surface area contributed by atoms with Gasteiger partial charge in [0.15, 0.2) is 0 Å². The number of benzene rings is 4. The minimum atomic E-state index is -1.08. The van der Waals surface area contributed by atoms with Crippen LogP contribution < -0.4 is 5.46 Å². The molecule has 0 bridgehead atoms. The largest absolute Gasteiger partial charge is 0.494 e. The predicted molar refractivity (Wildman–Crippen MR) is 142 cm³/mol. The van der Waals surface area contributed by atoms with Gasteiger partial charge < -0.3 is 13.9 Å². The van der Waals surface area contributed by atoms with Gasteiger partial charge in [-0.15, -0.1) is 0 Å². The van der Waals surface area contributed by atoms with Crippen molar-refractivity contribution in [2.45, 2.75) is 38.9 Å². The van der Waals surface area contributed by atoms with E-state index in [0.29, 0.717) is 5.69 Å². The fourth-order valence-electron chi connectivity index (χ4n) is 4.30. The quantitative estimate of drug-likeness (QED) is 0.283. The Morgan fingerprint density at radius 2 is 1.32 bits per heavy atom. The zero-order valence-corrected chi connectivity index (χ0v) is 19.5. The van der Waals surface area contributed by atoms with Crippen molar-refractivity contribution in [1.82, 2.24) is 4.57 Å². The van der Waals surface area contributed by atoms with Crippen molar-refractivity contribution in [3.05, 3.63) is 96.9 Å².